The first-order chi connectivity index (χ1) is 10.6. The third-order valence-electron chi connectivity index (χ3n) is 4.19. The van der Waals surface area contributed by atoms with Gasteiger partial charge in [-0.2, -0.15) is 0 Å². The Balaban J connectivity index is 1.92. The number of hydrogen-bond acceptors (Lipinski definition) is 3. The molecule has 5 heteroatoms. The number of anilines is 1. The Bertz CT molecular complexity index is 503. The lowest BCUT2D eigenvalue weighted by Gasteiger charge is -2.14. The van der Waals surface area contributed by atoms with Gasteiger partial charge in [-0.05, 0) is 43.5 Å². The lowest BCUT2D eigenvalue weighted by Crippen LogP contribution is -2.36. The summed E-state index contributed by atoms with van der Waals surface area (Å²) in [5.74, 6) is -0.0200. The molecule has 0 aromatic heterocycles. The lowest BCUT2D eigenvalue weighted by molar-refractivity contribution is -0.119. The van der Waals surface area contributed by atoms with Crippen molar-refractivity contribution in [2.24, 2.45) is 5.92 Å². The molecule has 3 N–H and O–H groups in total. The van der Waals surface area contributed by atoms with E-state index >= 15 is 0 Å². The van der Waals surface area contributed by atoms with Gasteiger partial charge in [0, 0.05) is 17.2 Å². The number of aliphatic hydroxyl groups excluding tert-OH is 1. The zero-order valence-corrected chi connectivity index (χ0v) is 13.0. The summed E-state index contributed by atoms with van der Waals surface area (Å²) in [5, 5.41) is 14.8. The van der Waals surface area contributed by atoms with Crippen molar-refractivity contribution in [3.63, 3.8) is 0 Å². The van der Waals surface area contributed by atoms with E-state index in [2.05, 4.69) is 10.6 Å². The zero-order valence-electron chi connectivity index (χ0n) is 13.0. The van der Waals surface area contributed by atoms with Gasteiger partial charge < -0.3 is 15.7 Å². The standard InChI is InChI=1S/C17H24N2O3/c1-2-14(11-20)18-17(22)13-7-9-15(10-8-13)19-16(21)12-5-3-4-6-12/h7-10,12,14,20H,2-6,11H2,1H3,(H,18,22)(H,19,21). The van der Waals surface area contributed by atoms with Crippen molar-refractivity contribution in [2.45, 2.75) is 45.1 Å². The second-order valence-corrected chi connectivity index (χ2v) is 5.81. The quantitative estimate of drug-likeness (QED) is 0.754. The molecule has 22 heavy (non-hydrogen) atoms. The van der Waals surface area contributed by atoms with E-state index in [1.54, 1.807) is 24.3 Å². The van der Waals surface area contributed by atoms with Gasteiger partial charge in [-0.25, -0.2) is 0 Å². The van der Waals surface area contributed by atoms with E-state index in [0.29, 0.717) is 17.7 Å². The number of carbonyl (C=O) groups excluding carboxylic acids is 2. The van der Waals surface area contributed by atoms with Crippen molar-refractivity contribution in [2.75, 3.05) is 11.9 Å². The number of benzene rings is 1. The number of aliphatic hydroxyl groups is 1. The third kappa shape index (κ3) is 4.31. The van der Waals surface area contributed by atoms with E-state index in [4.69, 9.17) is 5.11 Å². The predicted octanol–water partition coefficient (Wildman–Crippen LogP) is 2.32. The molecule has 1 saturated carbocycles. The van der Waals surface area contributed by atoms with Gasteiger partial charge in [-0.15, -0.1) is 0 Å². The summed E-state index contributed by atoms with van der Waals surface area (Å²) in [6.07, 6.45) is 4.86. The molecule has 5 nitrogen and oxygen atoms in total. The second kappa shape index (κ2) is 7.94. The molecule has 0 saturated heterocycles. The molecular formula is C17H24N2O3. The molecule has 0 aliphatic heterocycles. The normalized spacial score (nSPS) is 16.3. The number of amides is 2. The lowest BCUT2D eigenvalue weighted by atomic mass is 10.1. The minimum Gasteiger partial charge on any atom is -0.394 e. The molecule has 1 fully saturated rings. The Morgan fingerprint density at radius 1 is 1.23 bits per heavy atom. The van der Waals surface area contributed by atoms with E-state index < -0.39 is 0 Å². The Kier molecular flexibility index (Phi) is 5.95. The van der Waals surface area contributed by atoms with Gasteiger partial charge in [0.2, 0.25) is 5.91 Å². The van der Waals surface area contributed by atoms with Crippen LogP contribution < -0.4 is 10.6 Å². The first-order valence-electron chi connectivity index (χ1n) is 7.96. The Labute approximate surface area is 131 Å². The summed E-state index contributed by atoms with van der Waals surface area (Å²) in [7, 11) is 0. The monoisotopic (exact) mass is 304 g/mol. The van der Waals surface area contributed by atoms with Crippen molar-refractivity contribution in [1.82, 2.24) is 5.32 Å². The van der Waals surface area contributed by atoms with Crippen LogP contribution in [-0.4, -0.2) is 29.6 Å². The topological polar surface area (TPSA) is 78.4 Å². The van der Waals surface area contributed by atoms with Crippen molar-refractivity contribution in [3.05, 3.63) is 29.8 Å². The number of carbonyl (C=O) groups is 2. The van der Waals surface area contributed by atoms with Crippen LogP contribution in [0.25, 0.3) is 0 Å². The van der Waals surface area contributed by atoms with Crippen LogP contribution >= 0.6 is 0 Å². The maximum Gasteiger partial charge on any atom is 0.251 e. The van der Waals surface area contributed by atoms with Gasteiger partial charge >= 0.3 is 0 Å². The van der Waals surface area contributed by atoms with Crippen molar-refractivity contribution in [3.8, 4) is 0 Å². The Morgan fingerprint density at radius 2 is 1.86 bits per heavy atom. The summed E-state index contributed by atoms with van der Waals surface area (Å²) >= 11 is 0. The summed E-state index contributed by atoms with van der Waals surface area (Å²) in [5.41, 5.74) is 1.23. The molecule has 1 aromatic carbocycles. The van der Waals surface area contributed by atoms with Gasteiger partial charge in [-0.3, -0.25) is 9.59 Å². The molecule has 0 heterocycles. The smallest absolute Gasteiger partial charge is 0.251 e. The number of rotatable bonds is 6. The average Bonchev–Trinajstić information content (AvgIpc) is 3.07. The van der Waals surface area contributed by atoms with Gasteiger partial charge in [0.05, 0.1) is 12.6 Å². The van der Waals surface area contributed by atoms with Crippen LogP contribution in [0, 0.1) is 5.92 Å². The summed E-state index contributed by atoms with van der Waals surface area (Å²) in [6.45, 7) is 1.83. The first-order valence-corrected chi connectivity index (χ1v) is 7.96. The Morgan fingerprint density at radius 3 is 2.41 bits per heavy atom. The molecule has 120 valence electrons. The maximum absolute atomic E-state index is 12.0. The maximum atomic E-state index is 12.0. The highest BCUT2D eigenvalue weighted by Gasteiger charge is 2.22. The molecule has 1 aromatic rings. The van der Waals surface area contributed by atoms with Crippen LogP contribution in [0.5, 0.6) is 0 Å². The van der Waals surface area contributed by atoms with Gasteiger partial charge in [0.15, 0.2) is 0 Å². The van der Waals surface area contributed by atoms with Crippen molar-refractivity contribution in [1.29, 1.82) is 0 Å². The van der Waals surface area contributed by atoms with Gasteiger partial charge in [0.1, 0.15) is 0 Å². The fourth-order valence-corrected chi connectivity index (χ4v) is 2.68. The average molecular weight is 304 g/mol. The van der Waals surface area contributed by atoms with Crippen LogP contribution in [0.3, 0.4) is 0 Å². The molecule has 2 rings (SSSR count). The fourth-order valence-electron chi connectivity index (χ4n) is 2.68. The van der Waals surface area contributed by atoms with Crippen LogP contribution in [0.2, 0.25) is 0 Å². The molecule has 0 spiro atoms. The molecular weight excluding hydrogens is 280 g/mol. The summed E-state index contributed by atoms with van der Waals surface area (Å²) < 4.78 is 0. The van der Waals surface area contributed by atoms with Crippen LogP contribution in [0.1, 0.15) is 49.4 Å². The highest BCUT2D eigenvalue weighted by molar-refractivity contribution is 5.96. The van der Waals surface area contributed by atoms with Gasteiger partial charge in [-0.1, -0.05) is 19.8 Å². The highest BCUT2D eigenvalue weighted by Crippen LogP contribution is 2.26. The van der Waals surface area contributed by atoms with E-state index in [1.807, 2.05) is 6.92 Å². The summed E-state index contributed by atoms with van der Waals surface area (Å²) in [6, 6.07) is 6.62. The van der Waals surface area contributed by atoms with Crippen LogP contribution in [0.15, 0.2) is 24.3 Å². The highest BCUT2D eigenvalue weighted by atomic mass is 16.3. The van der Waals surface area contributed by atoms with Crippen LogP contribution in [-0.2, 0) is 4.79 Å². The van der Waals surface area contributed by atoms with Gasteiger partial charge in [0.25, 0.3) is 5.91 Å². The number of hydrogen-bond donors (Lipinski definition) is 3. The molecule has 0 bridgehead atoms. The molecule has 1 unspecified atom stereocenters. The molecule has 1 atom stereocenters. The molecule has 0 radical (unpaired) electrons. The molecule has 2 amide bonds. The van der Waals surface area contributed by atoms with E-state index in [-0.39, 0.29) is 30.4 Å². The minimum absolute atomic E-state index is 0.0704. The number of nitrogens with one attached hydrogen (secondary N) is 2. The first kappa shape index (κ1) is 16.5. The Hall–Kier alpha value is -1.88. The third-order valence-corrected chi connectivity index (χ3v) is 4.19. The van der Waals surface area contributed by atoms with Crippen LogP contribution in [0.4, 0.5) is 5.69 Å². The fraction of sp³-hybridized carbons (Fsp3) is 0.529. The SMILES string of the molecule is CCC(CO)NC(=O)c1ccc(NC(=O)C2CCCC2)cc1. The zero-order chi connectivity index (χ0) is 15.9. The van der Waals surface area contributed by atoms with E-state index in [1.165, 1.54) is 0 Å². The van der Waals surface area contributed by atoms with Crippen molar-refractivity contribution >= 4 is 17.5 Å². The predicted molar refractivity (Wildman–Crippen MR) is 85.7 cm³/mol. The summed E-state index contributed by atoms with van der Waals surface area (Å²) in [4.78, 5) is 24.0. The van der Waals surface area contributed by atoms with Crippen molar-refractivity contribution < 1.29 is 14.7 Å². The molecule has 1 aliphatic rings. The van der Waals surface area contributed by atoms with E-state index in [0.717, 1.165) is 25.7 Å². The largest absolute Gasteiger partial charge is 0.394 e. The second-order valence-electron chi connectivity index (χ2n) is 5.81. The minimum atomic E-state index is -0.228. The van der Waals surface area contributed by atoms with E-state index in [9.17, 15) is 9.59 Å². The molecule has 1 aliphatic carbocycles.